The number of carbonyl (C=O) groups is 1. The molecule has 0 atom stereocenters. The first-order valence-electron chi connectivity index (χ1n) is 9.16. The SMILES string of the molecule is Cc1cccc(C(=O)N2CCC(c3nnc(-c4ccc(F)cc4F)s3)CC2)c1. The van der Waals surface area contributed by atoms with Gasteiger partial charge in [-0.1, -0.05) is 29.0 Å². The summed E-state index contributed by atoms with van der Waals surface area (Å²) in [6.45, 7) is 3.27. The van der Waals surface area contributed by atoms with Crippen LogP contribution in [0.3, 0.4) is 0 Å². The van der Waals surface area contributed by atoms with Gasteiger partial charge in [-0.05, 0) is 44.0 Å². The molecule has 28 heavy (non-hydrogen) atoms. The number of hydrogen-bond donors (Lipinski definition) is 0. The number of piperidine rings is 1. The van der Waals surface area contributed by atoms with Gasteiger partial charge in [-0.3, -0.25) is 4.79 Å². The highest BCUT2D eigenvalue weighted by Gasteiger charge is 2.27. The van der Waals surface area contributed by atoms with Gasteiger partial charge in [0.25, 0.3) is 5.91 Å². The lowest BCUT2D eigenvalue weighted by atomic mass is 9.97. The van der Waals surface area contributed by atoms with Crippen molar-refractivity contribution in [2.75, 3.05) is 13.1 Å². The third-order valence-electron chi connectivity index (χ3n) is 5.00. The lowest BCUT2D eigenvalue weighted by molar-refractivity contribution is 0.0712. The summed E-state index contributed by atoms with van der Waals surface area (Å²) in [7, 11) is 0. The van der Waals surface area contributed by atoms with Gasteiger partial charge in [0.15, 0.2) is 5.01 Å². The smallest absolute Gasteiger partial charge is 0.253 e. The molecule has 0 unspecified atom stereocenters. The summed E-state index contributed by atoms with van der Waals surface area (Å²) in [5, 5.41) is 9.60. The van der Waals surface area contributed by atoms with Crippen molar-refractivity contribution in [3.8, 4) is 10.6 Å². The van der Waals surface area contributed by atoms with Crippen molar-refractivity contribution in [1.29, 1.82) is 0 Å². The lowest BCUT2D eigenvalue weighted by Gasteiger charge is -2.31. The molecule has 4 rings (SSSR count). The van der Waals surface area contributed by atoms with E-state index in [1.165, 1.54) is 23.5 Å². The Hall–Kier alpha value is -2.67. The molecule has 144 valence electrons. The van der Waals surface area contributed by atoms with E-state index in [0.29, 0.717) is 23.7 Å². The van der Waals surface area contributed by atoms with Crippen molar-refractivity contribution in [3.05, 3.63) is 70.2 Å². The number of aryl methyl sites for hydroxylation is 1. The molecule has 1 aliphatic heterocycles. The molecule has 4 nitrogen and oxygen atoms in total. The molecule has 1 saturated heterocycles. The first-order valence-corrected chi connectivity index (χ1v) is 9.97. The van der Waals surface area contributed by atoms with E-state index in [4.69, 9.17) is 0 Å². The Bertz CT molecular complexity index is 1010. The fraction of sp³-hybridized carbons (Fsp3) is 0.286. The molecule has 1 amide bonds. The Morgan fingerprint density at radius 1 is 1.11 bits per heavy atom. The maximum Gasteiger partial charge on any atom is 0.253 e. The first-order chi connectivity index (χ1) is 13.5. The highest BCUT2D eigenvalue weighted by molar-refractivity contribution is 7.14. The fourth-order valence-electron chi connectivity index (χ4n) is 3.46. The summed E-state index contributed by atoms with van der Waals surface area (Å²) in [5.74, 6) is -1.01. The normalized spacial score (nSPS) is 15.0. The predicted molar refractivity (Wildman–Crippen MR) is 104 cm³/mol. The third-order valence-corrected chi connectivity index (χ3v) is 6.12. The van der Waals surface area contributed by atoms with Crippen LogP contribution in [0.4, 0.5) is 8.78 Å². The second kappa shape index (κ2) is 7.75. The molecule has 3 aromatic rings. The summed E-state index contributed by atoms with van der Waals surface area (Å²) in [6.07, 6.45) is 1.58. The van der Waals surface area contributed by atoms with E-state index in [1.54, 1.807) is 0 Å². The van der Waals surface area contributed by atoms with E-state index in [1.807, 2.05) is 36.1 Å². The lowest BCUT2D eigenvalue weighted by Crippen LogP contribution is -2.37. The number of benzene rings is 2. The summed E-state index contributed by atoms with van der Waals surface area (Å²) < 4.78 is 27.1. The van der Waals surface area contributed by atoms with Crippen LogP contribution in [0, 0.1) is 18.6 Å². The summed E-state index contributed by atoms with van der Waals surface area (Å²) in [6, 6.07) is 11.1. The van der Waals surface area contributed by atoms with Gasteiger partial charge in [0.05, 0.1) is 0 Å². The quantitative estimate of drug-likeness (QED) is 0.635. The van der Waals surface area contributed by atoms with Crippen LogP contribution < -0.4 is 0 Å². The molecule has 0 bridgehead atoms. The van der Waals surface area contributed by atoms with Crippen LogP contribution in [-0.2, 0) is 0 Å². The second-order valence-corrected chi connectivity index (χ2v) is 8.01. The van der Waals surface area contributed by atoms with Crippen molar-refractivity contribution in [2.45, 2.75) is 25.7 Å². The van der Waals surface area contributed by atoms with Crippen LogP contribution in [0.25, 0.3) is 10.6 Å². The van der Waals surface area contributed by atoms with Crippen molar-refractivity contribution in [3.63, 3.8) is 0 Å². The van der Waals surface area contributed by atoms with Gasteiger partial charge in [0.1, 0.15) is 16.6 Å². The van der Waals surface area contributed by atoms with Crippen LogP contribution in [0.2, 0.25) is 0 Å². The summed E-state index contributed by atoms with van der Waals surface area (Å²) in [5.41, 5.74) is 2.04. The molecular weight excluding hydrogens is 380 g/mol. The highest BCUT2D eigenvalue weighted by atomic mass is 32.1. The molecule has 0 aliphatic carbocycles. The van der Waals surface area contributed by atoms with Crippen LogP contribution in [0.1, 0.15) is 39.7 Å². The minimum absolute atomic E-state index is 0.0495. The largest absolute Gasteiger partial charge is 0.339 e. The first kappa shape index (κ1) is 18.7. The van der Waals surface area contributed by atoms with Crippen LogP contribution in [0.15, 0.2) is 42.5 Å². The van der Waals surface area contributed by atoms with Crippen LogP contribution >= 0.6 is 11.3 Å². The number of rotatable bonds is 3. The van der Waals surface area contributed by atoms with E-state index in [2.05, 4.69) is 10.2 Å². The van der Waals surface area contributed by atoms with Gasteiger partial charge < -0.3 is 4.90 Å². The van der Waals surface area contributed by atoms with Gasteiger partial charge in [-0.15, -0.1) is 10.2 Å². The van der Waals surface area contributed by atoms with Crippen molar-refractivity contribution in [1.82, 2.24) is 15.1 Å². The maximum atomic E-state index is 14.0. The molecule has 1 aromatic heterocycles. The summed E-state index contributed by atoms with van der Waals surface area (Å²) >= 11 is 1.33. The number of nitrogens with zero attached hydrogens (tertiary/aromatic N) is 3. The zero-order chi connectivity index (χ0) is 19.7. The van der Waals surface area contributed by atoms with Gasteiger partial charge in [0, 0.05) is 36.2 Å². The van der Waals surface area contributed by atoms with Gasteiger partial charge in [-0.25, -0.2) is 8.78 Å². The Kier molecular flexibility index (Phi) is 5.17. The Balaban J connectivity index is 1.43. The third kappa shape index (κ3) is 3.80. The molecular formula is C21H19F2N3OS. The number of hydrogen-bond acceptors (Lipinski definition) is 4. The molecule has 1 aliphatic rings. The zero-order valence-corrected chi connectivity index (χ0v) is 16.2. The molecule has 0 spiro atoms. The van der Waals surface area contributed by atoms with Gasteiger partial charge in [0.2, 0.25) is 0 Å². The van der Waals surface area contributed by atoms with E-state index in [0.717, 1.165) is 29.5 Å². The van der Waals surface area contributed by atoms with Gasteiger partial charge >= 0.3 is 0 Å². The standard InChI is InChI=1S/C21H19F2N3OS/c1-13-3-2-4-15(11-13)21(27)26-9-7-14(8-10-26)19-24-25-20(28-19)17-6-5-16(22)12-18(17)23/h2-6,11-12,14H,7-10H2,1H3. The Labute approximate surface area is 165 Å². The van der Waals surface area contributed by atoms with E-state index < -0.39 is 11.6 Å². The zero-order valence-electron chi connectivity index (χ0n) is 15.4. The average Bonchev–Trinajstić information content (AvgIpc) is 3.17. The average molecular weight is 399 g/mol. The molecule has 2 heterocycles. The maximum absolute atomic E-state index is 14.0. The Morgan fingerprint density at radius 2 is 1.89 bits per heavy atom. The van der Waals surface area contributed by atoms with Gasteiger partial charge in [-0.2, -0.15) is 0 Å². The number of likely N-dealkylation sites (tertiary alicyclic amines) is 1. The second-order valence-electron chi connectivity index (χ2n) is 7.01. The fourth-order valence-corrected chi connectivity index (χ4v) is 4.50. The van der Waals surface area contributed by atoms with E-state index in [-0.39, 0.29) is 17.4 Å². The number of halogens is 2. The molecule has 1 fully saturated rings. The number of carbonyl (C=O) groups excluding carboxylic acids is 1. The van der Waals surface area contributed by atoms with Crippen molar-refractivity contribution in [2.24, 2.45) is 0 Å². The Morgan fingerprint density at radius 3 is 2.61 bits per heavy atom. The highest BCUT2D eigenvalue weighted by Crippen LogP contribution is 2.34. The van der Waals surface area contributed by atoms with Crippen molar-refractivity contribution < 1.29 is 13.6 Å². The molecule has 7 heteroatoms. The minimum Gasteiger partial charge on any atom is -0.339 e. The predicted octanol–water partition coefficient (Wildman–Crippen LogP) is 4.81. The van der Waals surface area contributed by atoms with E-state index >= 15 is 0 Å². The molecule has 0 N–H and O–H groups in total. The number of aromatic nitrogens is 2. The van der Waals surface area contributed by atoms with Crippen LogP contribution in [-0.4, -0.2) is 34.1 Å². The van der Waals surface area contributed by atoms with E-state index in [9.17, 15) is 13.6 Å². The molecule has 2 aromatic carbocycles. The van der Waals surface area contributed by atoms with Crippen LogP contribution in [0.5, 0.6) is 0 Å². The topological polar surface area (TPSA) is 46.1 Å². The molecule has 0 saturated carbocycles. The molecule has 0 radical (unpaired) electrons. The summed E-state index contributed by atoms with van der Waals surface area (Å²) in [4.78, 5) is 14.5. The monoisotopic (exact) mass is 399 g/mol. The minimum atomic E-state index is -0.638. The number of amides is 1. The van der Waals surface area contributed by atoms with Crippen molar-refractivity contribution >= 4 is 17.2 Å².